The Labute approximate surface area is 227 Å². The fourth-order valence-electron chi connectivity index (χ4n) is 3.79. The second kappa shape index (κ2) is 14.1. The fraction of sp³-hybridized carbons (Fsp3) is 0.286. The summed E-state index contributed by atoms with van der Waals surface area (Å²) in [6.45, 7) is 2.76. The highest BCUT2D eigenvalue weighted by atomic mass is 35.5. The van der Waals surface area contributed by atoms with Crippen molar-refractivity contribution < 1.29 is 14.3 Å². The van der Waals surface area contributed by atoms with Gasteiger partial charge in [-0.25, -0.2) is 0 Å². The molecule has 0 aliphatic heterocycles. The maximum absolute atomic E-state index is 13.6. The van der Waals surface area contributed by atoms with Crippen LogP contribution in [0.3, 0.4) is 0 Å². The van der Waals surface area contributed by atoms with Crippen molar-refractivity contribution in [2.75, 3.05) is 13.2 Å². The third kappa shape index (κ3) is 8.16. The number of nitrogens with one attached hydrogen (secondary N) is 1. The van der Waals surface area contributed by atoms with Crippen molar-refractivity contribution in [2.24, 2.45) is 0 Å². The normalized spacial score (nSPS) is 11.6. The first kappa shape index (κ1) is 27.9. The smallest absolute Gasteiger partial charge is 0.243 e. The van der Waals surface area contributed by atoms with Gasteiger partial charge < -0.3 is 15.0 Å². The Hall–Kier alpha value is -2.73. The minimum atomic E-state index is -0.732. The Morgan fingerprint density at radius 2 is 1.58 bits per heavy atom. The van der Waals surface area contributed by atoms with Crippen LogP contribution in [0.15, 0.2) is 72.8 Å². The molecule has 0 aliphatic rings. The largest absolute Gasteiger partial charge is 0.494 e. The standard InChI is InChI=1S/C28H29Cl3N2O3/c1-2-32-28(35)26(18-20-8-4-3-5-9-20)33(19-23-24(30)10-6-11-25(23)31)27(34)12-7-17-36-22-15-13-21(29)14-16-22/h3-6,8-11,13-16,26H,2,7,12,17-19H2,1H3,(H,32,35)/t26-/m1/s1. The summed E-state index contributed by atoms with van der Waals surface area (Å²) in [4.78, 5) is 28.3. The van der Waals surface area contributed by atoms with Gasteiger partial charge >= 0.3 is 0 Å². The highest BCUT2D eigenvalue weighted by Crippen LogP contribution is 2.27. The second-order valence-corrected chi connectivity index (χ2v) is 9.48. The van der Waals surface area contributed by atoms with Crippen LogP contribution in [0.4, 0.5) is 0 Å². The number of nitrogens with zero attached hydrogens (tertiary/aromatic N) is 1. The van der Waals surface area contributed by atoms with E-state index in [0.29, 0.717) is 52.4 Å². The maximum atomic E-state index is 13.6. The van der Waals surface area contributed by atoms with Gasteiger partial charge in [0.15, 0.2) is 0 Å². The molecule has 8 heteroatoms. The lowest BCUT2D eigenvalue weighted by molar-refractivity contribution is -0.141. The van der Waals surface area contributed by atoms with Crippen molar-refractivity contribution in [3.8, 4) is 5.75 Å². The number of amides is 2. The molecular weight excluding hydrogens is 519 g/mol. The predicted molar refractivity (Wildman–Crippen MR) is 146 cm³/mol. The Kier molecular flexibility index (Phi) is 10.9. The van der Waals surface area contributed by atoms with Crippen LogP contribution in [-0.2, 0) is 22.6 Å². The van der Waals surface area contributed by atoms with E-state index in [9.17, 15) is 9.59 Å². The lowest BCUT2D eigenvalue weighted by Crippen LogP contribution is -2.50. The Morgan fingerprint density at radius 3 is 2.22 bits per heavy atom. The molecule has 1 N–H and O–H groups in total. The van der Waals surface area contributed by atoms with Crippen LogP contribution in [-0.4, -0.2) is 35.9 Å². The van der Waals surface area contributed by atoms with Gasteiger partial charge in [0.25, 0.3) is 0 Å². The third-order valence-electron chi connectivity index (χ3n) is 5.63. The van der Waals surface area contributed by atoms with E-state index in [-0.39, 0.29) is 24.8 Å². The highest BCUT2D eigenvalue weighted by Gasteiger charge is 2.30. The van der Waals surface area contributed by atoms with Gasteiger partial charge in [0, 0.05) is 46.6 Å². The number of likely N-dealkylation sites (N-methyl/N-ethyl adjacent to an activating group) is 1. The summed E-state index contributed by atoms with van der Waals surface area (Å²) < 4.78 is 5.74. The van der Waals surface area contributed by atoms with Gasteiger partial charge in [-0.2, -0.15) is 0 Å². The van der Waals surface area contributed by atoms with Gasteiger partial charge in [0.05, 0.1) is 6.61 Å². The van der Waals surface area contributed by atoms with E-state index < -0.39 is 6.04 Å². The van der Waals surface area contributed by atoms with Gasteiger partial charge in [0.2, 0.25) is 11.8 Å². The van der Waals surface area contributed by atoms with Gasteiger partial charge in [-0.05, 0) is 55.3 Å². The van der Waals surface area contributed by atoms with Gasteiger partial charge in [-0.15, -0.1) is 0 Å². The first-order valence-electron chi connectivity index (χ1n) is 11.8. The monoisotopic (exact) mass is 546 g/mol. The van der Waals surface area contributed by atoms with Crippen molar-refractivity contribution in [1.29, 1.82) is 0 Å². The number of carbonyl (C=O) groups excluding carboxylic acids is 2. The molecule has 0 bridgehead atoms. The quantitative estimate of drug-likeness (QED) is 0.261. The molecular formula is C28H29Cl3N2O3. The van der Waals surface area contributed by atoms with E-state index in [4.69, 9.17) is 39.5 Å². The van der Waals surface area contributed by atoms with Crippen molar-refractivity contribution in [2.45, 2.75) is 38.8 Å². The molecule has 0 spiro atoms. The molecule has 0 saturated heterocycles. The van der Waals surface area contributed by atoms with Crippen molar-refractivity contribution in [1.82, 2.24) is 10.2 Å². The number of halogens is 3. The summed E-state index contributed by atoms with van der Waals surface area (Å²) in [5, 5.41) is 4.39. The molecule has 3 rings (SSSR count). The molecule has 3 aromatic rings. The van der Waals surface area contributed by atoms with Gasteiger partial charge in [-0.3, -0.25) is 9.59 Å². The van der Waals surface area contributed by atoms with E-state index in [2.05, 4.69) is 5.32 Å². The third-order valence-corrected chi connectivity index (χ3v) is 6.59. The molecule has 0 heterocycles. The SMILES string of the molecule is CCNC(=O)[C@@H](Cc1ccccc1)N(Cc1c(Cl)cccc1Cl)C(=O)CCCOc1ccc(Cl)cc1. The number of hydrogen-bond acceptors (Lipinski definition) is 3. The molecule has 5 nitrogen and oxygen atoms in total. The summed E-state index contributed by atoms with van der Waals surface area (Å²) >= 11 is 18.8. The fourth-order valence-corrected chi connectivity index (χ4v) is 4.43. The summed E-state index contributed by atoms with van der Waals surface area (Å²) in [6.07, 6.45) is 1.03. The summed E-state index contributed by atoms with van der Waals surface area (Å²) in [5.41, 5.74) is 1.55. The average Bonchev–Trinajstić information content (AvgIpc) is 2.87. The van der Waals surface area contributed by atoms with E-state index in [1.165, 1.54) is 0 Å². The minimum Gasteiger partial charge on any atom is -0.494 e. The average molecular weight is 548 g/mol. The number of rotatable bonds is 12. The van der Waals surface area contributed by atoms with Gasteiger partial charge in [0.1, 0.15) is 11.8 Å². The Morgan fingerprint density at radius 1 is 0.917 bits per heavy atom. The van der Waals surface area contributed by atoms with Crippen LogP contribution in [0, 0.1) is 0 Å². The lowest BCUT2D eigenvalue weighted by Gasteiger charge is -2.32. The molecule has 0 saturated carbocycles. The molecule has 0 aromatic heterocycles. The molecule has 0 radical (unpaired) electrons. The molecule has 1 atom stereocenters. The maximum Gasteiger partial charge on any atom is 0.243 e. The molecule has 0 unspecified atom stereocenters. The number of hydrogen-bond donors (Lipinski definition) is 1. The number of benzene rings is 3. The molecule has 190 valence electrons. The zero-order chi connectivity index (χ0) is 25.9. The minimum absolute atomic E-state index is 0.115. The summed E-state index contributed by atoms with van der Waals surface area (Å²) in [5.74, 6) is 0.268. The van der Waals surface area contributed by atoms with Crippen molar-refractivity contribution in [3.05, 3.63) is 99.0 Å². The van der Waals surface area contributed by atoms with Crippen LogP contribution in [0.2, 0.25) is 15.1 Å². The first-order valence-corrected chi connectivity index (χ1v) is 12.9. The van der Waals surface area contributed by atoms with Crippen molar-refractivity contribution >= 4 is 46.6 Å². The lowest BCUT2D eigenvalue weighted by atomic mass is 10.0. The van der Waals surface area contributed by atoms with E-state index in [1.54, 1.807) is 47.4 Å². The number of ether oxygens (including phenoxy) is 1. The topological polar surface area (TPSA) is 58.6 Å². The van der Waals surface area contributed by atoms with Crippen molar-refractivity contribution in [3.63, 3.8) is 0 Å². The van der Waals surface area contributed by atoms with Gasteiger partial charge in [-0.1, -0.05) is 71.2 Å². The zero-order valence-corrected chi connectivity index (χ0v) is 22.3. The molecule has 3 aromatic carbocycles. The van der Waals surface area contributed by atoms with E-state index in [0.717, 1.165) is 5.56 Å². The number of carbonyl (C=O) groups is 2. The predicted octanol–water partition coefficient (Wildman–Crippen LogP) is 6.58. The van der Waals surface area contributed by atoms with Crippen LogP contribution >= 0.6 is 34.8 Å². The second-order valence-electron chi connectivity index (χ2n) is 8.23. The first-order chi connectivity index (χ1) is 17.4. The van der Waals surface area contributed by atoms with Crippen LogP contribution in [0.25, 0.3) is 0 Å². The van der Waals surface area contributed by atoms with Crippen LogP contribution in [0.1, 0.15) is 30.9 Å². The van der Waals surface area contributed by atoms with E-state index in [1.807, 2.05) is 37.3 Å². The molecule has 0 fully saturated rings. The summed E-state index contributed by atoms with van der Waals surface area (Å²) in [6, 6.07) is 21.1. The zero-order valence-electron chi connectivity index (χ0n) is 20.1. The van der Waals surface area contributed by atoms with Crippen LogP contribution < -0.4 is 10.1 Å². The Balaban J connectivity index is 1.81. The highest BCUT2D eigenvalue weighted by molar-refractivity contribution is 6.36. The molecule has 36 heavy (non-hydrogen) atoms. The molecule has 0 aliphatic carbocycles. The summed E-state index contributed by atoms with van der Waals surface area (Å²) in [7, 11) is 0. The molecule has 2 amide bonds. The van der Waals surface area contributed by atoms with E-state index >= 15 is 0 Å². The Bertz CT molecular complexity index is 1120. The van der Waals surface area contributed by atoms with Crippen LogP contribution in [0.5, 0.6) is 5.75 Å².